The molecule has 107 heavy (non-hydrogen) atoms. The van der Waals surface area contributed by atoms with Gasteiger partial charge in [-0.25, -0.2) is 0 Å². The molecule has 2 aliphatic heterocycles. The number of para-hydroxylation sites is 4. The molecule has 0 aliphatic carbocycles. The number of anilines is 6. The number of hydrogen-bond donors (Lipinski definition) is 0. The fourth-order valence-electron chi connectivity index (χ4n) is 15.5. The molecule has 5 heteroatoms. The van der Waals surface area contributed by atoms with Gasteiger partial charge < -0.3 is 18.9 Å². The molecule has 4 heterocycles. The maximum atomic E-state index is 11.8. The first-order valence-corrected chi connectivity index (χ1v) is 36.9. The van der Waals surface area contributed by atoms with E-state index in [0.717, 1.165) is 42.5 Å². The minimum absolute atomic E-state index is 0.152. The minimum Gasteiger partial charge on any atom is -0.310 e. The van der Waals surface area contributed by atoms with Crippen LogP contribution in [-0.4, -0.2) is 15.8 Å². The molecule has 0 amide bonds. The van der Waals surface area contributed by atoms with Crippen molar-refractivity contribution in [3.8, 4) is 55.9 Å². The molecule has 0 radical (unpaired) electrons. The van der Waals surface area contributed by atoms with Crippen molar-refractivity contribution in [3.63, 3.8) is 0 Å². The SMILES string of the molecule is [2H]c1c([2H])c(-n2c3c([2H])c([2H])c([2H])c([2H])c3c3c([2H])c([2H])c([2H])c([2H])c32)c([2H])c2c1B1c3c(cccc3N(c3c(-c4ccc(C(C)(C)C)cc4)cc(C(C)(C)C)cc3-c3ccc(C(C)(C)C)cc3)c3c([2H])c(-n4c5c([2H])c([2H])c([2H])c([2H])c5c5c([2H])c([2H])c([2H])c([2H])c54)c([2H])c([2H])c31)N2c1c(-c2ccc(C(C)(C)C)cc2)cc(C(C)(C)C)cc1-c1ccc(C(C)(C)C)cc1. The summed E-state index contributed by atoms with van der Waals surface area (Å²) in [4.78, 5) is 3.78. The van der Waals surface area contributed by atoms with Crippen LogP contribution < -0.4 is 26.2 Å². The summed E-state index contributed by atoms with van der Waals surface area (Å²) in [6.45, 7) is 36.5. The van der Waals surface area contributed by atoms with E-state index in [2.05, 4.69) is 197 Å². The Kier molecular flexibility index (Phi) is 11.2. The van der Waals surface area contributed by atoms with E-state index < -0.39 is 184 Å². The van der Waals surface area contributed by atoms with Gasteiger partial charge in [-0.05, 0) is 189 Å². The zero-order chi connectivity index (χ0) is 93.9. The summed E-state index contributed by atoms with van der Waals surface area (Å²) in [5.74, 6) is 0. The Balaban J connectivity index is 1.16. The Bertz CT molecular complexity index is 6670. The molecule has 530 valence electrons. The Morgan fingerprint density at radius 1 is 0.271 bits per heavy atom. The first-order chi connectivity index (χ1) is 60.0. The van der Waals surface area contributed by atoms with E-state index >= 15 is 0 Å². The molecule has 0 N–H and O–H groups in total. The van der Waals surface area contributed by atoms with E-state index in [1.807, 2.05) is 76.5 Å². The fourth-order valence-corrected chi connectivity index (χ4v) is 15.5. The normalized spacial score (nSPS) is 16.3. The van der Waals surface area contributed by atoms with Gasteiger partial charge in [0.15, 0.2) is 0 Å². The van der Waals surface area contributed by atoms with E-state index in [-0.39, 0.29) is 65.5 Å². The lowest BCUT2D eigenvalue weighted by Gasteiger charge is -2.46. The molecule has 0 bridgehead atoms. The van der Waals surface area contributed by atoms with E-state index in [1.165, 1.54) is 0 Å². The molecule has 13 aromatic carbocycles. The molecule has 17 rings (SSSR count). The van der Waals surface area contributed by atoms with Gasteiger partial charge >= 0.3 is 0 Å². The average molecular weight is 1410 g/mol. The van der Waals surface area contributed by atoms with Crippen LogP contribution in [0.3, 0.4) is 0 Å². The van der Waals surface area contributed by atoms with Crippen LogP contribution in [0.4, 0.5) is 34.1 Å². The third kappa shape index (κ3) is 11.7. The third-order valence-corrected chi connectivity index (χ3v) is 21.6. The molecule has 2 aromatic heterocycles. The Labute approximate surface area is 666 Å². The second-order valence-corrected chi connectivity index (χ2v) is 35.0. The van der Waals surface area contributed by atoms with Crippen LogP contribution in [0, 0.1) is 0 Å². The van der Waals surface area contributed by atoms with E-state index in [0.29, 0.717) is 72.7 Å². The summed E-state index contributed by atoms with van der Waals surface area (Å²) >= 11 is 0. The van der Waals surface area contributed by atoms with Crippen molar-refractivity contribution in [2.45, 2.75) is 157 Å². The summed E-state index contributed by atoms with van der Waals surface area (Å²) in [5.41, 5.74) is 6.77. The maximum absolute atomic E-state index is 11.8. The third-order valence-electron chi connectivity index (χ3n) is 21.6. The highest BCUT2D eigenvalue weighted by atomic mass is 15.2. The Hall–Kier alpha value is -10.9. The summed E-state index contributed by atoms with van der Waals surface area (Å²) in [7, 11) is 0. The number of aromatic nitrogens is 2. The molecule has 15 aromatic rings. The molecular weight excluding hydrogens is 1290 g/mol. The van der Waals surface area contributed by atoms with E-state index in [1.54, 1.807) is 0 Å². The molecule has 4 nitrogen and oxygen atoms in total. The van der Waals surface area contributed by atoms with Gasteiger partial charge in [0.1, 0.15) is 0 Å². The predicted octanol–water partition coefficient (Wildman–Crippen LogP) is 26.4. The minimum atomic E-state index is -1.64. The van der Waals surface area contributed by atoms with Crippen molar-refractivity contribution in [3.05, 3.63) is 306 Å². The number of nitrogens with zero attached hydrogens (tertiary/aromatic N) is 4. The van der Waals surface area contributed by atoms with Crippen molar-refractivity contribution >= 4 is 101 Å². The lowest BCUT2D eigenvalue weighted by molar-refractivity contribution is 0.589. The number of fused-ring (bicyclic) bond motifs is 10. The van der Waals surface area contributed by atoms with E-state index in [4.69, 9.17) is 5.48 Å². The standard InChI is InChI=1S/C102H99BN4/c1-97(2,3)68-46-38-64(39-47-68)80-58-72(101(13,14)15)59-81(65-40-48-69(49-41-65)98(4,5)6)95(80)106-90-36-27-37-91-94(90)103(84-56-54-74(62-92(84)106)104-86-32-23-19-28-76(86)77-29-20-24-33-87(77)104)85-57-55-75(105-88-34-25-21-30-78(88)79-31-22-26-35-89(79)105)63-93(85)107(91)96-82(66-42-50-70(51-43-66)99(7,8)9)60-73(102(16,17)18)61-83(96)67-44-52-71(53-45-67)100(10,11)12/h19-63H,1-18H3/i19D,20D,21D,22D,23D,24D,25D,26D,28D,29D,30D,31D,32D,33D,34D,35D,54D,55D,56D,57D,62D,63D. The highest BCUT2D eigenvalue weighted by molar-refractivity contribution is 7.00. The van der Waals surface area contributed by atoms with Crippen molar-refractivity contribution in [2.75, 3.05) is 9.80 Å². The largest absolute Gasteiger partial charge is 0.310 e. The van der Waals surface area contributed by atoms with Crippen LogP contribution in [0.1, 0.15) is 188 Å². The van der Waals surface area contributed by atoms with Crippen molar-refractivity contribution in [1.29, 1.82) is 0 Å². The van der Waals surface area contributed by atoms with Crippen LogP contribution >= 0.6 is 0 Å². The van der Waals surface area contributed by atoms with Crippen LogP contribution in [0.25, 0.3) is 99.5 Å². The quantitative estimate of drug-likeness (QED) is 0.141. The highest BCUT2D eigenvalue weighted by Crippen LogP contribution is 2.55. The van der Waals surface area contributed by atoms with Gasteiger partial charge in [0.05, 0.1) is 63.6 Å². The van der Waals surface area contributed by atoms with Gasteiger partial charge in [-0.3, -0.25) is 0 Å². The van der Waals surface area contributed by atoms with Crippen LogP contribution in [-0.2, 0) is 32.5 Å². The van der Waals surface area contributed by atoms with Gasteiger partial charge in [0.25, 0.3) is 6.71 Å². The highest BCUT2D eigenvalue weighted by Gasteiger charge is 2.46. The first-order valence-electron chi connectivity index (χ1n) is 47.9. The molecule has 0 spiro atoms. The molecule has 0 atom stereocenters. The number of rotatable bonds is 8. The monoisotopic (exact) mass is 1410 g/mol. The van der Waals surface area contributed by atoms with Gasteiger partial charge in [-0.1, -0.05) is 312 Å². The molecular formula is C102H99BN4. The smallest absolute Gasteiger partial charge is 0.252 e. The Morgan fingerprint density at radius 3 is 0.776 bits per heavy atom. The number of hydrogen-bond acceptors (Lipinski definition) is 2. The summed E-state index contributed by atoms with van der Waals surface area (Å²) in [5, 5.41) is -1.39. The predicted molar refractivity (Wildman–Crippen MR) is 463 cm³/mol. The lowest BCUT2D eigenvalue weighted by atomic mass is 9.33. The van der Waals surface area contributed by atoms with Gasteiger partial charge in [0, 0.05) is 77.9 Å². The van der Waals surface area contributed by atoms with Crippen LogP contribution in [0.2, 0.25) is 0 Å². The lowest BCUT2D eigenvalue weighted by Crippen LogP contribution is -2.61. The second-order valence-electron chi connectivity index (χ2n) is 35.0. The van der Waals surface area contributed by atoms with Crippen LogP contribution in [0.5, 0.6) is 0 Å². The molecule has 2 aliphatic rings. The molecule has 0 saturated heterocycles. The zero-order valence-corrected chi connectivity index (χ0v) is 64.1. The Morgan fingerprint density at radius 2 is 0.523 bits per heavy atom. The van der Waals surface area contributed by atoms with Gasteiger partial charge in [-0.15, -0.1) is 0 Å². The fraction of sp³-hybridized carbons (Fsp3) is 0.235. The second kappa shape index (κ2) is 24.9. The maximum Gasteiger partial charge on any atom is 0.252 e. The first kappa shape index (κ1) is 48.4. The van der Waals surface area contributed by atoms with Crippen molar-refractivity contribution in [1.82, 2.24) is 9.13 Å². The van der Waals surface area contributed by atoms with E-state index in [9.17, 15) is 24.7 Å². The van der Waals surface area contributed by atoms with Gasteiger partial charge in [0.2, 0.25) is 0 Å². The summed E-state index contributed by atoms with van der Waals surface area (Å²) in [6, 6.07) is 31.3. The zero-order valence-electron chi connectivity index (χ0n) is 86.1. The van der Waals surface area contributed by atoms with Crippen molar-refractivity contribution < 1.29 is 30.2 Å². The molecule has 0 saturated carbocycles. The number of benzene rings is 13. The molecule has 0 fully saturated rings. The summed E-state index contributed by atoms with van der Waals surface area (Å²) in [6.07, 6.45) is 0. The van der Waals surface area contributed by atoms with Gasteiger partial charge in [-0.2, -0.15) is 0 Å². The molecule has 0 unspecified atom stereocenters. The summed E-state index contributed by atoms with van der Waals surface area (Å²) < 4.78 is 224. The topological polar surface area (TPSA) is 16.3 Å². The van der Waals surface area contributed by atoms with Crippen molar-refractivity contribution in [2.24, 2.45) is 0 Å². The van der Waals surface area contributed by atoms with Crippen LogP contribution in [0.15, 0.2) is 272 Å². The average Bonchev–Trinajstić information content (AvgIpc) is 1.45.